The fraction of sp³-hybridized carbons (Fsp3) is 0.364. The predicted molar refractivity (Wildman–Crippen MR) is 123 cm³/mol. The molecule has 0 radical (unpaired) electrons. The van der Waals surface area contributed by atoms with Gasteiger partial charge in [-0.3, -0.25) is 4.79 Å². The first-order chi connectivity index (χ1) is 14.2. The molecule has 6 nitrogen and oxygen atoms in total. The van der Waals surface area contributed by atoms with Gasteiger partial charge in [-0.05, 0) is 30.9 Å². The molecule has 0 amide bonds. The summed E-state index contributed by atoms with van der Waals surface area (Å²) < 4.78 is -0.126. The minimum Gasteiger partial charge on any atom is -0.480 e. The van der Waals surface area contributed by atoms with Gasteiger partial charge in [0.05, 0.1) is 5.69 Å². The molecule has 0 unspecified atom stereocenters. The summed E-state index contributed by atoms with van der Waals surface area (Å²) in [6.07, 6.45) is 4.36. The van der Waals surface area contributed by atoms with E-state index in [2.05, 4.69) is 58.4 Å². The van der Waals surface area contributed by atoms with Crippen LogP contribution >= 0.6 is 23.1 Å². The number of carbonyl (C=O) groups is 1. The van der Waals surface area contributed by atoms with Gasteiger partial charge in [0.2, 0.25) is 5.95 Å². The van der Waals surface area contributed by atoms with E-state index in [-0.39, 0.29) is 0 Å². The lowest BCUT2D eigenvalue weighted by Gasteiger charge is -2.15. The van der Waals surface area contributed by atoms with Crippen molar-refractivity contribution in [2.45, 2.75) is 49.1 Å². The molecule has 158 valence electrons. The van der Waals surface area contributed by atoms with E-state index in [9.17, 15) is 9.90 Å². The summed E-state index contributed by atoms with van der Waals surface area (Å²) in [4.78, 5) is 24.6. The van der Waals surface area contributed by atoms with Crippen molar-refractivity contribution in [3.05, 3.63) is 53.3 Å². The van der Waals surface area contributed by atoms with Crippen LogP contribution in [0.4, 0.5) is 5.95 Å². The summed E-state index contributed by atoms with van der Waals surface area (Å²) in [5.74, 6) is 0.245. The molecule has 0 saturated heterocycles. The van der Waals surface area contributed by atoms with E-state index < -0.39 is 10.7 Å². The minimum absolute atomic E-state index is 0.512. The molecule has 0 saturated carbocycles. The Morgan fingerprint density at radius 2 is 1.83 bits per heavy atom. The Balaban J connectivity index is 1.52. The third-order valence-corrected chi connectivity index (χ3v) is 6.79. The summed E-state index contributed by atoms with van der Waals surface area (Å²) in [5, 5.41) is 14.4. The number of carboxylic acid groups (broad SMARTS) is 1. The SMILES string of the molecule is CC(C)c1ccc(-c2cnc(NCCc3csc(SC(C)(C)C(=O)O)n3)nc2)cc1. The monoisotopic (exact) mass is 442 g/mol. The topological polar surface area (TPSA) is 88.0 Å². The van der Waals surface area contributed by atoms with Crippen LogP contribution in [0.1, 0.15) is 44.9 Å². The molecule has 0 bridgehead atoms. The Bertz CT molecular complexity index is 983. The molecule has 0 atom stereocenters. The van der Waals surface area contributed by atoms with Crippen molar-refractivity contribution in [3.63, 3.8) is 0 Å². The van der Waals surface area contributed by atoms with E-state index in [0.717, 1.165) is 21.2 Å². The fourth-order valence-electron chi connectivity index (χ4n) is 2.64. The van der Waals surface area contributed by atoms with Crippen LogP contribution in [0.5, 0.6) is 0 Å². The van der Waals surface area contributed by atoms with Gasteiger partial charge < -0.3 is 10.4 Å². The number of thiazole rings is 1. The van der Waals surface area contributed by atoms with Crippen molar-refractivity contribution in [1.82, 2.24) is 15.0 Å². The number of nitrogens with zero attached hydrogens (tertiary/aromatic N) is 3. The molecule has 3 aromatic rings. The molecule has 2 N–H and O–H groups in total. The Labute approximate surface area is 185 Å². The molecule has 1 aromatic carbocycles. The van der Waals surface area contributed by atoms with Crippen molar-refractivity contribution in [2.75, 3.05) is 11.9 Å². The first-order valence-corrected chi connectivity index (χ1v) is 11.5. The molecular weight excluding hydrogens is 416 g/mol. The Morgan fingerprint density at radius 3 is 2.43 bits per heavy atom. The number of aliphatic carboxylic acids is 1. The highest BCUT2D eigenvalue weighted by molar-refractivity contribution is 8.02. The molecule has 0 aliphatic heterocycles. The van der Waals surface area contributed by atoms with Gasteiger partial charge in [-0.15, -0.1) is 11.3 Å². The molecule has 2 heterocycles. The van der Waals surface area contributed by atoms with Crippen LogP contribution in [0.15, 0.2) is 46.4 Å². The number of nitrogens with one attached hydrogen (secondary N) is 1. The highest BCUT2D eigenvalue weighted by Gasteiger charge is 2.29. The zero-order valence-electron chi connectivity index (χ0n) is 17.5. The maximum Gasteiger partial charge on any atom is 0.319 e. The molecule has 30 heavy (non-hydrogen) atoms. The fourth-order valence-corrected chi connectivity index (χ4v) is 4.87. The summed E-state index contributed by atoms with van der Waals surface area (Å²) in [7, 11) is 0. The number of anilines is 1. The average molecular weight is 443 g/mol. The molecule has 0 fully saturated rings. The highest BCUT2D eigenvalue weighted by atomic mass is 32.2. The van der Waals surface area contributed by atoms with E-state index in [0.29, 0.717) is 24.8 Å². The second-order valence-electron chi connectivity index (χ2n) is 7.77. The molecule has 0 aliphatic carbocycles. The van der Waals surface area contributed by atoms with E-state index in [1.165, 1.54) is 28.7 Å². The van der Waals surface area contributed by atoms with Gasteiger partial charge in [0.1, 0.15) is 4.75 Å². The second-order valence-corrected chi connectivity index (χ2v) is 10.5. The Hall–Kier alpha value is -2.45. The van der Waals surface area contributed by atoms with Crippen molar-refractivity contribution in [1.29, 1.82) is 0 Å². The molecule has 2 aromatic heterocycles. The van der Waals surface area contributed by atoms with Gasteiger partial charge in [-0.1, -0.05) is 49.9 Å². The number of hydrogen-bond donors (Lipinski definition) is 2. The Kier molecular flexibility index (Phi) is 7.10. The van der Waals surface area contributed by atoms with Crippen LogP contribution in [0.2, 0.25) is 0 Å². The van der Waals surface area contributed by atoms with Crippen molar-refractivity contribution < 1.29 is 9.90 Å². The van der Waals surface area contributed by atoms with Crippen molar-refractivity contribution >= 4 is 35.0 Å². The van der Waals surface area contributed by atoms with Crippen molar-refractivity contribution in [2.24, 2.45) is 0 Å². The summed E-state index contributed by atoms with van der Waals surface area (Å²) in [6, 6.07) is 8.49. The average Bonchev–Trinajstić information content (AvgIpc) is 3.15. The Morgan fingerprint density at radius 1 is 1.17 bits per heavy atom. The number of benzene rings is 1. The molecule has 0 aliphatic rings. The quantitative estimate of drug-likeness (QED) is 0.433. The number of aromatic nitrogens is 3. The van der Waals surface area contributed by atoms with Crippen molar-refractivity contribution in [3.8, 4) is 11.1 Å². The summed E-state index contributed by atoms with van der Waals surface area (Å²) in [6.45, 7) is 8.38. The van der Waals surface area contributed by atoms with Gasteiger partial charge >= 0.3 is 5.97 Å². The van der Waals surface area contributed by atoms with E-state index >= 15 is 0 Å². The third kappa shape index (κ3) is 5.79. The molecule has 8 heteroatoms. The van der Waals surface area contributed by atoms with Crippen LogP contribution < -0.4 is 5.32 Å². The van der Waals surface area contributed by atoms with Gasteiger partial charge in [-0.25, -0.2) is 15.0 Å². The molecule has 0 spiro atoms. The summed E-state index contributed by atoms with van der Waals surface area (Å²) >= 11 is 2.74. The largest absolute Gasteiger partial charge is 0.480 e. The van der Waals surface area contributed by atoms with Gasteiger partial charge in [0.25, 0.3) is 0 Å². The molecule has 3 rings (SSSR count). The van der Waals surface area contributed by atoms with Crippen LogP contribution in [0.3, 0.4) is 0 Å². The zero-order valence-corrected chi connectivity index (χ0v) is 19.2. The standard InChI is InChI=1S/C22H26N4O2S2/c1-14(2)15-5-7-16(8-6-15)17-11-24-20(25-12-17)23-10-9-18-13-29-21(26-18)30-22(3,4)19(27)28/h5-8,11-14H,9-10H2,1-4H3,(H,27,28)(H,23,24,25). The minimum atomic E-state index is -0.891. The van der Waals surface area contributed by atoms with Crippen LogP contribution in [0.25, 0.3) is 11.1 Å². The van der Waals surface area contributed by atoms with Gasteiger partial charge in [0, 0.05) is 36.3 Å². The van der Waals surface area contributed by atoms with Crippen LogP contribution in [-0.2, 0) is 11.2 Å². The highest BCUT2D eigenvalue weighted by Crippen LogP contribution is 2.34. The van der Waals surface area contributed by atoms with Gasteiger partial charge in [0.15, 0.2) is 4.34 Å². The number of rotatable bonds is 9. The number of thioether (sulfide) groups is 1. The lowest BCUT2D eigenvalue weighted by molar-refractivity contribution is -0.138. The second kappa shape index (κ2) is 9.57. The molecular formula is C22H26N4O2S2. The van der Waals surface area contributed by atoms with E-state index in [4.69, 9.17) is 0 Å². The van der Waals surface area contributed by atoms with Crippen LogP contribution in [0, 0.1) is 0 Å². The maximum atomic E-state index is 11.2. The summed E-state index contributed by atoms with van der Waals surface area (Å²) in [5.41, 5.74) is 4.33. The zero-order chi connectivity index (χ0) is 21.7. The van der Waals surface area contributed by atoms with Crippen LogP contribution in [-0.4, -0.2) is 37.3 Å². The number of hydrogen-bond acceptors (Lipinski definition) is 7. The normalized spacial score (nSPS) is 11.6. The van der Waals surface area contributed by atoms with E-state index in [1.54, 1.807) is 13.8 Å². The smallest absolute Gasteiger partial charge is 0.319 e. The number of carboxylic acids is 1. The third-order valence-electron chi connectivity index (χ3n) is 4.61. The lowest BCUT2D eigenvalue weighted by Crippen LogP contribution is -2.26. The maximum absolute atomic E-state index is 11.2. The first-order valence-electron chi connectivity index (χ1n) is 9.77. The van der Waals surface area contributed by atoms with E-state index in [1.807, 2.05) is 17.8 Å². The lowest BCUT2D eigenvalue weighted by atomic mass is 10.00. The predicted octanol–water partition coefficient (Wildman–Crippen LogP) is 5.33. The van der Waals surface area contributed by atoms with Gasteiger partial charge in [-0.2, -0.15) is 0 Å². The first kappa shape index (κ1) is 22.2.